The quantitative estimate of drug-likeness (QED) is 0.341. The largest absolute Gasteiger partial charge is 0.496 e. The van der Waals surface area contributed by atoms with Crippen LogP contribution < -0.4 is 0 Å². The van der Waals surface area contributed by atoms with Crippen LogP contribution in [0.1, 0.15) is 79.7 Å². The van der Waals surface area contributed by atoms with Gasteiger partial charge in [-0.15, -0.1) is 0 Å². The third kappa shape index (κ3) is 5.49. The van der Waals surface area contributed by atoms with Gasteiger partial charge in [0, 0.05) is 5.92 Å². The molecule has 1 fully saturated rings. The second-order valence-electron chi connectivity index (χ2n) is 11.9. The van der Waals surface area contributed by atoms with Crippen LogP contribution in [0.25, 0.3) is 0 Å². The zero-order valence-electron chi connectivity index (χ0n) is 22.6. The number of ether oxygens (including phenoxy) is 3. The molecule has 0 heterocycles. The van der Waals surface area contributed by atoms with Crippen molar-refractivity contribution in [3.05, 3.63) is 59.4 Å². The van der Waals surface area contributed by atoms with Gasteiger partial charge in [0.1, 0.15) is 6.10 Å². The van der Waals surface area contributed by atoms with Gasteiger partial charge in [-0.2, -0.15) is 0 Å². The maximum absolute atomic E-state index is 14.0. The van der Waals surface area contributed by atoms with Crippen molar-refractivity contribution in [3.63, 3.8) is 0 Å². The summed E-state index contributed by atoms with van der Waals surface area (Å²) in [6.07, 6.45) is 6.61. The average molecular weight is 483 g/mol. The molecule has 3 rings (SSSR count). The number of benzene rings is 1. The number of rotatable bonds is 6. The molecule has 192 valence electrons. The molecule has 0 radical (unpaired) electrons. The zero-order chi connectivity index (χ0) is 26.0. The lowest BCUT2D eigenvalue weighted by atomic mass is 9.64. The molecule has 1 saturated carbocycles. The predicted molar refractivity (Wildman–Crippen MR) is 138 cm³/mol. The summed E-state index contributed by atoms with van der Waals surface area (Å²) in [7, 11) is 1.51. The summed E-state index contributed by atoms with van der Waals surface area (Å²) in [5.74, 6) is -0.170. The molecule has 4 atom stereocenters. The van der Waals surface area contributed by atoms with E-state index in [4.69, 9.17) is 14.2 Å². The Bertz CT molecular complexity index is 982. The van der Waals surface area contributed by atoms with Gasteiger partial charge in [-0.05, 0) is 75.5 Å². The molecule has 0 spiro atoms. The van der Waals surface area contributed by atoms with E-state index in [1.165, 1.54) is 12.7 Å². The summed E-state index contributed by atoms with van der Waals surface area (Å²) in [5.41, 5.74) is -0.640. The maximum Gasteiger partial charge on any atom is 0.363 e. The van der Waals surface area contributed by atoms with Crippen LogP contribution >= 0.6 is 0 Å². The number of carbonyl (C=O) groups excluding carboxylic acids is 2. The predicted octanol–water partition coefficient (Wildman–Crippen LogP) is 6.52. The minimum Gasteiger partial charge on any atom is -0.496 e. The van der Waals surface area contributed by atoms with Gasteiger partial charge in [0.15, 0.2) is 5.76 Å². The molecule has 0 bridgehead atoms. The van der Waals surface area contributed by atoms with Crippen LogP contribution in [0.4, 0.5) is 0 Å². The smallest absolute Gasteiger partial charge is 0.363 e. The molecular formula is C30H42O5. The van der Waals surface area contributed by atoms with Gasteiger partial charge >= 0.3 is 11.9 Å². The fraction of sp³-hybridized carbons (Fsp3) is 0.600. The highest BCUT2D eigenvalue weighted by atomic mass is 16.6. The van der Waals surface area contributed by atoms with Gasteiger partial charge in [-0.1, -0.05) is 63.6 Å². The minimum absolute atomic E-state index is 0.129. The van der Waals surface area contributed by atoms with Crippen molar-refractivity contribution in [2.45, 2.75) is 91.3 Å². The Morgan fingerprint density at radius 1 is 1.03 bits per heavy atom. The second kappa shape index (κ2) is 10.2. The highest BCUT2D eigenvalue weighted by Crippen LogP contribution is 2.45. The van der Waals surface area contributed by atoms with E-state index in [1.807, 2.05) is 19.1 Å². The third-order valence-electron chi connectivity index (χ3n) is 7.63. The monoisotopic (exact) mass is 482 g/mol. The lowest BCUT2D eigenvalue weighted by Gasteiger charge is -2.45. The normalized spacial score (nSPS) is 27.4. The number of hydrogen-bond donors (Lipinski definition) is 0. The first kappa shape index (κ1) is 27.0. The maximum atomic E-state index is 14.0. The highest BCUT2D eigenvalue weighted by molar-refractivity contribution is 5.90. The molecule has 1 aromatic carbocycles. The van der Waals surface area contributed by atoms with Gasteiger partial charge in [-0.25, -0.2) is 4.79 Å². The molecule has 1 aromatic rings. The number of carbonyl (C=O) groups is 2. The third-order valence-corrected chi connectivity index (χ3v) is 7.63. The molecule has 1 unspecified atom stereocenters. The molecular weight excluding hydrogens is 440 g/mol. The molecule has 0 aliphatic heterocycles. The Labute approximate surface area is 210 Å². The van der Waals surface area contributed by atoms with Crippen LogP contribution in [0.3, 0.4) is 0 Å². The van der Waals surface area contributed by atoms with Crippen molar-refractivity contribution in [1.29, 1.82) is 0 Å². The summed E-state index contributed by atoms with van der Waals surface area (Å²) < 4.78 is 18.0. The van der Waals surface area contributed by atoms with E-state index < -0.39 is 23.0 Å². The van der Waals surface area contributed by atoms with E-state index in [0.717, 1.165) is 24.8 Å². The first-order valence-electron chi connectivity index (χ1n) is 12.7. The fourth-order valence-electron chi connectivity index (χ4n) is 5.39. The first-order valence-corrected chi connectivity index (χ1v) is 12.7. The van der Waals surface area contributed by atoms with Crippen LogP contribution in [0.5, 0.6) is 0 Å². The van der Waals surface area contributed by atoms with Crippen molar-refractivity contribution in [2.24, 2.45) is 17.3 Å². The van der Waals surface area contributed by atoms with Crippen LogP contribution in [0.2, 0.25) is 0 Å². The first-order chi connectivity index (χ1) is 16.3. The Kier molecular flexibility index (Phi) is 7.88. The summed E-state index contributed by atoms with van der Waals surface area (Å²) in [6, 6.07) is 10.4. The standard InChI is InChI=1S/C30H42O5/c1-20-16-17-23(29(6,7)22-14-10-9-11-15-22)24(19-20)34-27(32)30(35-26(31)28(3,4)5)18-12-13-21(2)25(30)33-8/h9-12,14-15,18,20,23-24H,13,16-17,19H2,1-8H3/t20-,23-,24-,30?/m1/s1. The summed E-state index contributed by atoms with van der Waals surface area (Å²) >= 11 is 0. The number of methoxy groups -OCH3 is 1. The Morgan fingerprint density at radius 3 is 2.29 bits per heavy atom. The van der Waals surface area contributed by atoms with Crippen molar-refractivity contribution < 1.29 is 23.8 Å². The van der Waals surface area contributed by atoms with E-state index in [0.29, 0.717) is 18.1 Å². The Hall–Kier alpha value is -2.56. The average Bonchev–Trinajstić information content (AvgIpc) is 2.79. The van der Waals surface area contributed by atoms with E-state index in [2.05, 4.69) is 45.0 Å². The molecule has 0 amide bonds. The fourth-order valence-corrected chi connectivity index (χ4v) is 5.39. The van der Waals surface area contributed by atoms with Crippen molar-refractivity contribution >= 4 is 11.9 Å². The lowest BCUT2D eigenvalue weighted by Crippen LogP contribution is -2.52. The summed E-state index contributed by atoms with van der Waals surface area (Å²) in [4.78, 5) is 27.0. The van der Waals surface area contributed by atoms with Gasteiger partial charge in [0.05, 0.1) is 12.5 Å². The summed E-state index contributed by atoms with van der Waals surface area (Å²) in [6.45, 7) is 13.8. The zero-order valence-corrected chi connectivity index (χ0v) is 22.6. The summed E-state index contributed by atoms with van der Waals surface area (Å²) in [5, 5.41) is 0. The van der Waals surface area contributed by atoms with Gasteiger partial charge in [-0.3, -0.25) is 4.79 Å². The van der Waals surface area contributed by atoms with Crippen LogP contribution in [0, 0.1) is 17.3 Å². The Morgan fingerprint density at radius 2 is 1.69 bits per heavy atom. The second-order valence-corrected chi connectivity index (χ2v) is 11.9. The van der Waals surface area contributed by atoms with Gasteiger partial charge in [0.25, 0.3) is 5.60 Å². The molecule has 5 nitrogen and oxygen atoms in total. The van der Waals surface area contributed by atoms with Crippen LogP contribution in [-0.2, 0) is 29.2 Å². The molecule has 2 aliphatic carbocycles. The number of esters is 2. The SMILES string of the molecule is COC1=C(C)CC=CC1(OC(=O)C(C)(C)C)C(=O)O[C@@H]1C[C@H](C)CC[C@H]1C(C)(C)c1ccccc1. The molecule has 0 aromatic heterocycles. The molecule has 0 N–H and O–H groups in total. The van der Waals surface area contributed by atoms with Crippen LogP contribution in [-0.4, -0.2) is 30.8 Å². The van der Waals surface area contributed by atoms with E-state index in [-0.39, 0.29) is 17.4 Å². The lowest BCUT2D eigenvalue weighted by molar-refractivity contribution is -0.189. The van der Waals surface area contributed by atoms with Gasteiger partial charge in [0.2, 0.25) is 0 Å². The molecule has 2 aliphatic rings. The van der Waals surface area contributed by atoms with E-state index in [1.54, 1.807) is 26.8 Å². The van der Waals surface area contributed by atoms with Crippen molar-refractivity contribution in [2.75, 3.05) is 7.11 Å². The van der Waals surface area contributed by atoms with Crippen molar-refractivity contribution in [3.8, 4) is 0 Å². The minimum atomic E-state index is -1.72. The highest BCUT2D eigenvalue weighted by Gasteiger charge is 2.53. The van der Waals surface area contributed by atoms with Gasteiger partial charge < -0.3 is 14.2 Å². The van der Waals surface area contributed by atoms with Crippen LogP contribution in [0.15, 0.2) is 53.8 Å². The van der Waals surface area contributed by atoms with E-state index >= 15 is 0 Å². The molecule has 5 heteroatoms. The number of allylic oxidation sites excluding steroid dienone is 2. The Balaban J connectivity index is 1.99. The number of hydrogen-bond acceptors (Lipinski definition) is 5. The van der Waals surface area contributed by atoms with Crippen molar-refractivity contribution in [1.82, 2.24) is 0 Å². The molecule has 0 saturated heterocycles. The molecule has 35 heavy (non-hydrogen) atoms. The topological polar surface area (TPSA) is 61.8 Å². The van der Waals surface area contributed by atoms with E-state index in [9.17, 15) is 9.59 Å².